The van der Waals surface area contributed by atoms with Crippen molar-refractivity contribution in [2.45, 2.75) is 32.1 Å². The lowest BCUT2D eigenvalue weighted by atomic mass is 10.2. The van der Waals surface area contributed by atoms with Crippen molar-refractivity contribution in [2.75, 3.05) is 25.0 Å². The van der Waals surface area contributed by atoms with Crippen LogP contribution in [0.4, 0.5) is 0 Å². The maximum Gasteiger partial charge on any atom is 0.00434 e. The van der Waals surface area contributed by atoms with E-state index in [0.717, 1.165) is 5.33 Å². The smallest absolute Gasteiger partial charge is 0.00434 e. The molecule has 1 nitrogen and oxygen atoms in total. The highest BCUT2D eigenvalue weighted by Crippen LogP contribution is 2.09. The fourth-order valence-corrected chi connectivity index (χ4v) is 1.89. The molecule has 0 radical (unpaired) electrons. The third-order valence-electron chi connectivity index (χ3n) is 2.31. The molecule has 0 amide bonds. The second-order valence-corrected chi connectivity index (χ2v) is 4.09. The first-order valence-corrected chi connectivity index (χ1v) is 5.84. The zero-order chi connectivity index (χ0) is 7.94. The molecule has 0 aromatic heterocycles. The predicted molar refractivity (Wildman–Crippen MR) is 63.6 cm³/mol. The molecule has 3 heteroatoms. The van der Waals surface area contributed by atoms with E-state index in [-0.39, 0.29) is 17.0 Å². The Morgan fingerprint density at radius 2 is 1.58 bits per heavy atom. The molecule has 1 rings (SSSR count). The van der Waals surface area contributed by atoms with Crippen molar-refractivity contribution in [3.8, 4) is 0 Å². The van der Waals surface area contributed by atoms with Crippen LogP contribution in [0, 0.1) is 0 Å². The van der Waals surface area contributed by atoms with Crippen LogP contribution in [-0.2, 0) is 0 Å². The molecule has 0 aromatic carbocycles. The van der Waals surface area contributed by atoms with Gasteiger partial charge in [0.25, 0.3) is 0 Å². The number of halogens is 2. The van der Waals surface area contributed by atoms with Crippen LogP contribution in [0.25, 0.3) is 0 Å². The summed E-state index contributed by atoms with van der Waals surface area (Å²) in [6.07, 6.45) is 7.04. The van der Waals surface area contributed by atoms with Gasteiger partial charge in [-0.15, -0.1) is 17.0 Å². The Morgan fingerprint density at radius 3 is 2.08 bits per heavy atom. The second-order valence-electron chi connectivity index (χ2n) is 3.30. The van der Waals surface area contributed by atoms with E-state index in [1.807, 2.05) is 0 Å². The summed E-state index contributed by atoms with van der Waals surface area (Å²) < 4.78 is 0. The molecule has 0 bridgehead atoms. The Hall–Kier alpha value is 0.920. The number of alkyl halides is 1. The van der Waals surface area contributed by atoms with Crippen LogP contribution in [0.15, 0.2) is 0 Å². The second kappa shape index (κ2) is 8.52. The van der Waals surface area contributed by atoms with E-state index < -0.39 is 0 Å². The van der Waals surface area contributed by atoms with Gasteiger partial charge in [0.2, 0.25) is 0 Å². The average molecular weight is 301 g/mol. The van der Waals surface area contributed by atoms with E-state index in [4.69, 9.17) is 0 Å². The molecule has 0 aliphatic carbocycles. The summed E-state index contributed by atoms with van der Waals surface area (Å²) in [4.78, 5) is 2.61. The van der Waals surface area contributed by atoms with Crippen LogP contribution in [0.5, 0.6) is 0 Å². The molecule has 1 fully saturated rings. The van der Waals surface area contributed by atoms with Gasteiger partial charge in [0, 0.05) is 5.33 Å². The van der Waals surface area contributed by atoms with Crippen molar-refractivity contribution < 1.29 is 0 Å². The topological polar surface area (TPSA) is 3.24 Å². The molecule has 0 N–H and O–H groups in total. The van der Waals surface area contributed by atoms with Gasteiger partial charge in [-0.3, -0.25) is 0 Å². The van der Waals surface area contributed by atoms with Crippen molar-refractivity contribution in [2.24, 2.45) is 0 Å². The maximum absolute atomic E-state index is 3.47. The van der Waals surface area contributed by atoms with Crippen LogP contribution in [-0.4, -0.2) is 29.9 Å². The lowest BCUT2D eigenvalue weighted by Gasteiger charge is -2.18. The van der Waals surface area contributed by atoms with Crippen LogP contribution >= 0.6 is 32.9 Å². The molecule has 0 unspecified atom stereocenters. The van der Waals surface area contributed by atoms with Gasteiger partial charge in [0.1, 0.15) is 0 Å². The summed E-state index contributed by atoms with van der Waals surface area (Å²) in [7, 11) is 0. The van der Waals surface area contributed by atoms with Gasteiger partial charge in [-0.2, -0.15) is 0 Å². The summed E-state index contributed by atoms with van der Waals surface area (Å²) in [5.74, 6) is 0. The van der Waals surface area contributed by atoms with Crippen LogP contribution in [0.3, 0.4) is 0 Å². The van der Waals surface area contributed by atoms with Gasteiger partial charge in [0.05, 0.1) is 0 Å². The molecular formula is C9H19Br2N. The highest BCUT2D eigenvalue weighted by Gasteiger charge is 2.06. The molecule has 1 saturated heterocycles. The molecule has 74 valence electrons. The predicted octanol–water partition coefficient (Wildman–Crippen LogP) is 3.23. The van der Waals surface area contributed by atoms with Gasteiger partial charge in [0.15, 0.2) is 0 Å². The number of likely N-dealkylation sites (tertiary alicyclic amines) is 1. The van der Waals surface area contributed by atoms with E-state index in [1.165, 1.54) is 51.7 Å². The standard InChI is InChI=1S/C9H18BrN.BrH/c10-6-5-9-11-7-3-1-2-4-8-11;/h1-9H2;1H. The molecule has 12 heavy (non-hydrogen) atoms. The van der Waals surface area contributed by atoms with Crippen molar-refractivity contribution in [1.82, 2.24) is 4.90 Å². The summed E-state index contributed by atoms with van der Waals surface area (Å²) in [5.41, 5.74) is 0. The summed E-state index contributed by atoms with van der Waals surface area (Å²) >= 11 is 3.47. The number of nitrogens with zero attached hydrogens (tertiary/aromatic N) is 1. The number of hydrogen-bond donors (Lipinski definition) is 0. The minimum Gasteiger partial charge on any atom is -0.303 e. The lowest BCUT2D eigenvalue weighted by molar-refractivity contribution is 0.287. The van der Waals surface area contributed by atoms with Crippen LogP contribution < -0.4 is 0 Å². The molecule has 0 atom stereocenters. The fourth-order valence-electron chi connectivity index (χ4n) is 1.64. The summed E-state index contributed by atoms with van der Waals surface area (Å²) in [6, 6.07) is 0. The average Bonchev–Trinajstić information content (AvgIpc) is 2.28. The molecule has 1 heterocycles. The van der Waals surface area contributed by atoms with Crippen LogP contribution in [0.1, 0.15) is 32.1 Å². The molecule has 0 saturated carbocycles. The molecule has 1 aliphatic rings. The quantitative estimate of drug-likeness (QED) is 0.723. The van der Waals surface area contributed by atoms with Crippen LogP contribution in [0.2, 0.25) is 0 Å². The lowest BCUT2D eigenvalue weighted by Crippen LogP contribution is -2.25. The molecule has 0 aromatic rings. The van der Waals surface area contributed by atoms with Gasteiger partial charge in [-0.05, 0) is 38.9 Å². The summed E-state index contributed by atoms with van der Waals surface area (Å²) in [5, 5.41) is 1.16. The SMILES string of the molecule is Br.BrCCCN1CCCCCC1. The highest BCUT2D eigenvalue weighted by atomic mass is 79.9. The Bertz CT molecular complexity index is 90.5. The minimum absolute atomic E-state index is 0. The Morgan fingerprint density at radius 1 is 1.00 bits per heavy atom. The summed E-state index contributed by atoms with van der Waals surface area (Å²) in [6.45, 7) is 3.98. The minimum atomic E-state index is 0. The van der Waals surface area contributed by atoms with Gasteiger partial charge < -0.3 is 4.90 Å². The van der Waals surface area contributed by atoms with E-state index in [0.29, 0.717) is 0 Å². The third kappa shape index (κ3) is 5.55. The van der Waals surface area contributed by atoms with Gasteiger partial charge in [-0.1, -0.05) is 28.8 Å². The van der Waals surface area contributed by atoms with Crippen molar-refractivity contribution in [3.63, 3.8) is 0 Å². The first-order chi connectivity index (χ1) is 5.43. The van der Waals surface area contributed by atoms with E-state index in [1.54, 1.807) is 0 Å². The number of hydrogen-bond acceptors (Lipinski definition) is 1. The van der Waals surface area contributed by atoms with E-state index >= 15 is 0 Å². The first-order valence-electron chi connectivity index (χ1n) is 4.72. The highest BCUT2D eigenvalue weighted by molar-refractivity contribution is 9.09. The normalized spacial score (nSPS) is 19.8. The first kappa shape index (κ1) is 12.9. The number of rotatable bonds is 3. The zero-order valence-corrected chi connectivity index (χ0v) is 10.9. The van der Waals surface area contributed by atoms with E-state index in [9.17, 15) is 0 Å². The van der Waals surface area contributed by atoms with Gasteiger partial charge in [-0.25, -0.2) is 0 Å². The Balaban J connectivity index is 0.00000121. The maximum atomic E-state index is 3.47. The van der Waals surface area contributed by atoms with Crippen molar-refractivity contribution in [1.29, 1.82) is 0 Å². The monoisotopic (exact) mass is 299 g/mol. The largest absolute Gasteiger partial charge is 0.303 e. The van der Waals surface area contributed by atoms with E-state index in [2.05, 4.69) is 20.8 Å². The molecule has 0 spiro atoms. The Labute approximate surface area is 94.8 Å². The van der Waals surface area contributed by atoms with Crippen molar-refractivity contribution >= 4 is 32.9 Å². The molecular weight excluding hydrogens is 282 g/mol. The zero-order valence-electron chi connectivity index (χ0n) is 7.60. The third-order valence-corrected chi connectivity index (χ3v) is 2.87. The Kier molecular flexibility index (Phi) is 9.17. The molecule has 1 aliphatic heterocycles. The van der Waals surface area contributed by atoms with Crippen molar-refractivity contribution in [3.05, 3.63) is 0 Å². The fraction of sp³-hybridized carbons (Fsp3) is 1.00. The van der Waals surface area contributed by atoms with Gasteiger partial charge >= 0.3 is 0 Å².